The van der Waals surface area contributed by atoms with Gasteiger partial charge in [0.1, 0.15) is 0 Å². The van der Waals surface area contributed by atoms with Gasteiger partial charge >= 0.3 is 50.4 Å². The van der Waals surface area contributed by atoms with Gasteiger partial charge in [0, 0.05) is 0 Å². The van der Waals surface area contributed by atoms with E-state index in [-0.39, 0.29) is 52.4 Å². The predicted molar refractivity (Wildman–Crippen MR) is 46.0 cm³/mol. The van der Waals surface area contributed by atoms with Gasteiger partial charge in [0.2, 0.25) is 0 Å². The van der Waals surface area contributed by atoms with Crippen LogP contribution in [0.5, 0.6) is 0 Å². The van der Waals surface area contributed by atoms with E-state index in [4.69, 9.17) is 9.11 Å². The van der Waals surface area contributed by atoms with Crippen LogP contribution in [-0.4, -0.2) is 78.3 Å². The molecule has 0 aliphatic heterocycles. The molecule has 0 bridgehead atoms. The standard InChI is InChI=1S/Al.Na.H2O8S2.H2O.4H/c;;1-9(2,3)7-8-10(4,5)6;;;;;/h;;(H,1,2,3)(H,4,5,6);1H2;;;;. The van der Waals surface area contributed by atoms with Crippen LogP contribution >= 0.6 is 0 Å². The van der Waals surface area contributed by atoms with Gasteiger partial charge < -0.3 is 5.48 Å². The van der Waals surface area contributed by atoms with Crippen molar-refractivity contribution in [2.75, 3.05) is 0 Å². The first-order chi connectivity index (χ1) is 4.21. The molecule has 0 aromatic heterocycles. The summed E-state index contributed by atoms with van der Waals surface area (Å²) in [6, 6.07) is 0. The Morgan fingerprint density at radius 2 is 1.00 bits per heavy atom. The van der Waals surface area contributed by atoms with Crippen molar-refractivity contribution in [3.63, 3.8) is 0 Å². The van der Waals surface area contributed by atoms with Gasteiger partial charge in [-0.3, -0.25) is 9.11 Å². The van der Waals surface area contributed by atoms with Gasteiger partial charge in [-0.2, -0.15) is 16.8 Å². The van der Waals surface area contributed by atoms with Gasteiger partial charge in [-0.1, -0.05) is 8.67 Å². The predicted octanol–water partition coefficient (Wildman–Crippen LogP) is -4.12. The van der Waals surface area contributed by atoms with Crippen LogP contribution in [0.2, 0.25) is 0 Å². The number of rotatable bonds is 3. The second-order valence-corrected chi connectivity index (χ2v) is 2.97. The Balaban J connectivity index is -0.000000135. The van der Waals surface area contributed by atoms with Crippen molar-refractivity contribution in [2.24, 2.45) is 0 Å². The number of hydrogen-bond donors (Lipinski definition) is 2. The van der Waals surface area contributed by atoms with Crippen molar-refractivity contribution >= 4 is 67.7 Å². The first-order valence-corrected chi connectivity index (χ1v) is 4.26. The van der Waals surface area contributed by atoms with E-state index in [0.717, 1.165) is 0 Å². The quantitative estimate of drug-likeness (QED) is 0.225. The van der Waals surface area contributed by atoms with Crippen LogP contribution in [0.25, 0.3) is 0 Å². The zero-order chi connectivity index (χ0) is 8.41. The monoisotopic (exact) mass is 266 g/mol. The molecule has 0 rings (SSSR count). The second-order valence-electron chi connectivity index (χ2n) is 0.992. The van der Waals surface area contributed by atoms with Crippen molar-refractivity contribution in [3.8, 4) is 0 Å². The maximum atomic E-state index is 9.51. The Labute approximate surface area is 107 Å². The Morgan fingerprint density at radius 3 is 1.08 bits per heavy atom. The summed E-state index contributed by atoms with van der Waals surface area (Å²) in [5.74, 6) is 0. The van der Waals surface area contributed by atoms with E-state index in [1.165, 1.54) is 0 Å². The topological polar surface area (TPSA) is 159 Å². The first-order valence-electron chi connectivity index (χ1n) is 1.53. The van der Waals surface area contributed by atoms with Crippen molar-refractivity contribution in [3.05, 3.63) is 0 Å². The minimum atomic E-state index is -5.02. The molecule has 0 spiro atoms. The van der Waals surface area contributed by atoms with Crippen LogP contribution in [0, 0.1) is 0 Å². The summed E-state index contributed by atoms with van der Waals surface area (Å²) < 4.78 is 58.9. The molecule has 0 saturated heterocycles. The van der Waals surface area contributed by atoms with E-state index in [1.807, 2.05) is 0 Å². The molecule has 0 fully saturated rings. The summed E-state index contributed by atoms with van der Waals surface area (Å²) in [4.78, 5) is 0. The SMILES string of the molecule is O.O=S(=O)(O)OOS(=O)(=O)O.[AlH3].[NaH]. The van der Waals surface area contributed by atoms with Crippen LogP contribution in [-0.2, 0) is 29.5 Å². The van der Waals surface area contributed by atoms with Gasteiger partial charge in [-0.15, -0.1) is 0 Å². The van der Waals surface area contributed by atoms with Gasteiger partial charge in [0.25, 0.3) is 0 Å². The second kappa shape index (κ2) is 8.53. The zero-order valence-electron chi connectivity index (χ0n) is 4.66. The van der Waals surface area contributed by atoms with E-state index in [9.17, 15) is 16.8 Å². The molecule has 0 amide bonds. The molecule has 0 atom stereocenters. The Hall–Kier alpha value is 1.23. The van der Waals surface area contributed by atoms with Crippen molar-refractivity contribution < 1.29 is 40.1 Å². The van der Waals surface area contributed by atoms with E-state index in [2.05, 4.69) is 8.67 Å². The summed E-state index contributed by atoms with van der Waals surface area (Å²) in [5.41, 5.74) is 0. The summed E-state index contributed by atoms with van der Waals surface area (Å²) in [6.07, 6.45) is 0. The molecule has 0 heterocycles. The molecule has 0 saturated carbocycles. The Bertz CT molecular complexity index is 254. The van der Waals surface area contributed by atoms with Gasteiger partial charge in [-0.25, -0.2) is 0 Å². The Morgan fingerprint density at radius 1 is 0.846 bits per heavy atom. The zero-order valence-corrected chi connectivity index (χ0v) is 6.29. The third kappa shape index (κ3) is 24.6. The van der Waals surface area contributed by atoms with Crippen molar-refractivity contribution in [1.82, 2.24) is 0 Å². The fourth-order valence-corrected chi connectivity index (χ4v) is 0.632. The minimum absolute atomic E-state index is 0. The molecule has 0 radical (unpaired) electrons. The molecule has 0 unspecified atom stereocenters. The number of hydrogen-bond acceptors (Lipinski definition) is 6. The summed E-state index contributed by atoms with van der Waals surface area (Å²) >= 11 is 0. The van der Waals surface area contributed by atoms with Crippen LogP contribution in [0.4, 0.5) is 0 Å². The molecular formula is H8AlNaO9S2. The van der Waals surface area contributed by atoms with E-state index < -0.39 is 20.8 Å². The average molecular weight is 266 g/mol. The molecule has 13 heteroatoms. The molecule has 0 aromatic rings. The van der Waals surface area contributed by atoms with E-state index in [0.29, 0.717) is 0 Å². The van der Waals surface area contributed by atoms with E-state index >= 15 is 0 Å². The van der Waals surface area contributed by atoms with Crippen LogP contribution in [0.15, 0.2) is 0 Å². The van der Waals surface area contributed by atoms with Gasteiger partial charge in [-0.05, 0) is 0 Å². The van der Waals surface area contributed by atoms with Crippen molar-refractivity contribution in [1.29, 1.82) is 0 Å². The van der Waals surface area contributed by atoms with Gasteiger partial charge in [0.05, 0.1) is 0 Å². The summed E-state index contributed by atoms with van der Waals surface area (Å²) in [6.45, 7) is 0. The van der Waals surface area contributed by atoms with Crippen LogP contribution < -0.4 is 0 Å². The van der Waals surface area contributed by atoms with E-state index in [1.54, 1.807) is 0 Å². The normalized spacial score (nSPS) is 10.3. The van der Waals surface area contributed by atoms with Gasteiger partial charge in [0.15, 0.2) is 17.4 Å². The van der Waals surface area contributed by atoms with Crippen LogP contribution in [0.3, 0.4) is 0 Å². The van der Waals surface area contributed by atoms with Crippen molar-refractivity contribution in [2.45, 2.75) is 0 Å². The summed E-state index contributed by atoms with van der Waals surface area (Å²) in [7, 11) is -10.0. The molecule has 4 N–H and O–H groups in total. The third-order valence-corrected chi connectivity index (χ3v) is 0.766. The fraction of sp³-hybridized carbons (Fsp3) is 0. The molecular weight excluding hydrogens is 258 g/mol. The fourth-order valence-electron chi connectivity index (χ4n) is 0.0702. The average Bonchev–Trinajstić information content (AvgIpc) is 1.57. The molecule has 78 valence electrons. The first kappa shape index (κ1) is 23.8. The summed E-state index contributed by atoms with van der Waals surface area (Å²) in [5, 5.41) is 0. The Kier molecular flexibility index (Phi) is 15.6. The molecule has 9 nitrogen and oxygen atoms in total. The maximum absolute atomic E-state index is 9.51. The molecule has 13 heavy (non-hydrogen) atoms. The molecule has 0 aromatic carbocycles. The molecule has 0 aliphatic rings. The third-order valence-electron chi connectivity index (χ3n) is 0.200. The van der Waals surface area contributed by atoms with Crippen LogP contribution in [0.1, 0.15) is 0 Å². The molecule has 0 aliphatic carbocycles.